The van der Waals surface area contributed by atoms with Crippen molar-refractivity contribution in [3.63, 3.8) is 0 Å². The summed E-state index contributed by atoms with van der Waals surface area (Å²) in [6.45, 7) is 2.93. The van der Waals surface area contributed by atoms with Crippen LogP contribution in [0.5, 0.6) is 0 Å². The standard InChI is InChI=1S/C11H14BrN3O3/c1-11(2,15-10(17)18)9(16)14-8-5-6(12)3-4-7(8)13/h3-5,15H,13H2,1-2H3,(H,14,16)(H,17,18). The van der Waals surface area contributed by atoms with Crippen molar-refractivity contribution in [3.8, 4) is 0 Å². The van der Waals surface area contributed by atoms with Crippen LogP contribution in [0.15, 0.2) is 22.7 Å². The Balaban J connectivity index is 2.87. The summed E-state index contributed by atoms with van der Waals surface area (Å²) in [5.41, 5.74) is 5.29. The number of carboxylic acid groups (broad SMARTS) is 1. The van der Waals surface area contributed by atoms with E-state index in [-0.39, 0.29) is 0 Å². The highest BCUT2D eigenvalue weighted by Gasteiger charge is 2.29. The molecule has 0 atom stereocenters. The molecule has 0 radical (unpaired) electrons. The van der Waals surface area contributed by atoms with Crippen molar-refractivity contribution >= 4 is 39.3 Å². The van der Waals surface area contributed by atoms with Crippen LogP contribution in [0.1, 0.15) is 13.8 Å². The lowest BCUT2D eigenvalue weighted by atomic mass is 10.0. The summed E-state index contributed by atoms with van der Waals surface area (Å²) in [6, 6.07) is 5.02. The number of amides is 2. The Morgan fingerprint density at radius 1 is 1.39 bits per heavy atom. The summed E-state index contributed by atoms with van der Waals surface area (Å²) in [6.07, 6.45) is -1.27. The summed E-state index contributed by atoms with van der Waals surface area (Å²) in [5.74, 6) is -0.491. The van der Waals surface area contributed by atoms with Crippen molar-refractivity contribution in [2.45, 2.75) is 19.4 Å². The third-order valence-electron chi connectivity index (χ3n) is 2.25. The van der Waals surface area contributed by atoms with Crippen LogP contribution in [0.4, 0.5) is 16.2 Å². The zero-order chi connectivity index (χ0) is 13.9. The topological polar surface area (TPSA) is 104 Å². The predicted molar refractivity (Wildman–Crippen MR) is 72.4 cm³/mol. The summed E-state index contributed by atoms with van der Waals surface area (Å²) in [4.78, 5) is 22.5. The number of hydrogen-bond donors (Lipinski definition) is 4. The van der Waals surface area contributed by atoms with Gasteiger partial charge in [0.25, 0.3) is 0 Å². The van der Waals surface area contributed by atoms with Crippen LogP contribution in [0.3, 0.4) is 0 Å². The number of carbonyl (C=O) groups is 2. The van der Waals surface area contributed by atoms with Gasteiger partial charge in [-0.2, -0.15) is 0 Å². The molecule has 0 spiro atoms. The van der Waals surface area contributed by atoms with Crippen molar-refractivity contribution < 1.29 is 14.7 Å². The number of anilines is 2. The normalized spacial score (nSPS) is 10.8. The van der Waals surface area contributed by atoms with Crippen molar-refractivity contribution in [2.75, 3.05) is 11.1 Å². The molecule has 0 aliphatic carbocycles. The van der Waals surface area contributed by atoms with Gasteiger partial charge in [-0.05, 0) is 32.0 Å². The van der Waals surface area contributed by atoms with Gasteiger partial charge in [-0.1, -0.05) is 15.9 Å². The van der Waals surface area contributed by atoms with E-state index in [1.165, 1.54) is 13.8 Å². The molecular weight excluding hydrogens is 302 g/mol. The van der Waals surface area contributed by atoms with Gasteiger partial charge in [0.15, 0.2) is 0 Å². The van der Waals surface area contributed by atoms with Crippen LogP contribution >= 0.6 is 15.9 Å². The average Bonchev–Trinajstić information content (AvgIpc) is 2.21. The first kappa shape index (κ1) is 14.3. The van der Waals surface area contributed by atoms with E-state index in [4.69, 9.17) is 10.8 Å². The summed E-state index contributed by atoms with van der Waals surface area (Å²) < 4.78 is 0.760. The molecule has 0 fully saturated rings. The zero-order valence-corrected chi connectivity index (χ0v) is 11.5. The van der Waals surface area contributed by atoms with Crippen molar-refractivity contribution in [1.29, 1.82) is 0 Å². The first-order chi connectivity index (χ1) is 8.22. The van der Waals surface area contributed by atoms with Crippen LogP contribution in [0, 0.1) is 0 Å². The van der Waals surface area contributed by atoms with Gasteiger partial charge in [0, 0.05) is 4.47 Å². The fourth-order valence-corrected chi connectivity index (χ4v) is 1.60. The molecule has 0 heterocycles. The van der Waals surface area contributed by atoms with E-state index in [1.807, 2.05) is 0 Å². The van der Waals surface area contributed by atoms with E-state index in [9.17, 15) is 9.59 Å². The fourth-order valence-electron chi connectivity index (χ4n) is 1.24. The lowest BCUT2D eigenvalue weighted by Crippen LogP contribution is -2.51. The number of nitrogens with one attached hydrogen (secondary N) is 2. The van der Waals surface area contributed by atoms with Crippen molar-refractivity contribution in [2.24, 2.45) is 0 Å². The molecule has 7 heteroatoms. The minimum Gasteiger partial charge on any atom is -0.465 e. The minimum atomic E-state index is -1.27. The molecule has 1 aromatic rings. The van der Waals surface area contributed by atoms with E-state index in [0.717, 1.165) is 4.47 Å². The highest BCUT2D eigenvalue weighted by molar-refractivity contribution is 9.10. The van der Waals surface area contributed by atoms with Gasteiger partial charge in [-0.3, -0.25) is 4.79 Å². The van der Waals surface area contributed by atoms with Gasteiger partial charge in [0.2, 0.25) is 5.91 Å². The Hall–Kier alpha value is -1.76. The van der Waals surface area contributed by atoms with E-state index in [0.29, 0.717) is 11.4 Å². The van der Waals surface area contributed by atoms with Gasteiger partial charge in [-0.15, -0.1) is 0 Å². The van der Waals surface area contributed by atoms with Crippen molar-refractivity contribution in [3.05, 3.63) is 22.7 Å². The van der Waals surface area contributed by atoms with E-state index in [2.05, 4.69) is 26.6 Å². The molecule has 0 unspecified atom stereocenters. The van der Waals surface area contributed by atoms with Crippen LogP contribution in [-0.2, 0) is 4.79 Å². The Kier molecular flexibility index (Phi) is 4.18. The maximum absolute atomic E-state index is 11.9. The minimum absolute atomic E-state index is 0.401. The van der Waals surface area contributed by atoms with E-state index >= 15 is 0 Å². The first-order valence-corrected chi connectivity index (χ1v) is 5.89. The summed E-state index contributed by atoms with van der Waals surface area (Å²) in [5, 5.41) is 13.3. The highest BCUT2D eigenvalue weighted by atomic mass is 79.9. The van der Waals surface area contributed by atoms with Crippen LogP contribution in [0.2, 0.25) is 0 Å². The van der Waals surface area contributed by atoms with Gasteiger partial charge in [0.1, 0.15) is 5.54 Å². The number of benzene rings is 1. The molecule has 1 rings (SSSR count). The van der Waals surface area contributed by atoms with Crippen molar-refractivity contribution in [1.82, 2.24) is 5.32 Å². The maximum atomic E-state index is 11.9. The quantitative estimate of drug-likeness (QED) is 0.640. The molecule has 0 saturated carbocycles. The summed E-state index contributed by atoms with van der Waals surface area (Å²) >= 11 is 3.26. The van der Waals surface area contributed by atoms with E-state index in [1.54, 1.807) is 18.2 Å². The number of rotatable bonds is 3. The Morgan fingerprint density at radius 2 is 2.00 bits per heavy atom. The Morgan fingerprint density at radius 3 is 2.56 bits per heavy atom. The lowest BCUT2D eigenvalue weighted by molar-refractivity contribution is -0.121. The van der Waals surface area contributed by atoms with Crippen LogP contribution in [0.25, 0.3) is 0 Å². The molecule has 0 aromatic heterocycles. The molecule has 6 nitrogen and oxygen atoms in total. The maximum Gasteiger partial charge on any atom is 0.405 e. The first-order valence-electron chi connectivity index (χ1n) is 5.10. The second kappa shape index (κ2) is 5.26. The molecule has 5 N–H and O–H groups in total. The van der Waals surface area contributed by atoms with Gasteiger partial charge >= 0.3 is 6.09 Å². The second-order valence-electron chi connectivity index (χ2n) is 4.24. The fraction of sp³-hybridized carbons (Fsp3) is 0.273. The smallest absolute Gasteiger partial charge is 0.405 e. The number of hydrogen-bond acceptors (Lipinski definition) is 3. The number of nitrogens with two attached hydrogens (primary N) is 1. The van der Waals surface area contributed by atoms with E-state index < -0.39 is 17.5 Å². The molecule has 1 aromatic carbocycles. The SMILES string of the molecule is CC(C)(NC(=O)O)C(=O)Nc1cc(Br)ccc1N. The van der Waals surface area contributed by atoms with Crippen LogP contribution in [-0.4, -0.2) is 22.6 Å². The second-order valence-corrected chi connectivity index (χ2v) is 5.16. The third-order valence-corrected chi connectivity index (χ3v) is 2.74. The Bertz CT molecular complexity index is 488. The number of halogens is 1. The monoisotopic (exact) mass is 315 g/mol. The highest BCUT2D eigenvalue weighted by Crippen LogP contribution is 2.24. The molecule has 0 bridgehead atoms. The average molecular weight is 316 g/mol. The van der Waals surface area contributed by atoms with Gasteiger partial charge < -0.3 is 21.5 Å². The third kappa shape index (κ3) is 3.63. The molecule has 2 amide bonds. The number of nitrogen functional groups attached to an aromatic ring is 1. The number of carbonyl (C=O) groups excluding carboxylic acids is 1. The summed E-state index contributed by atoms with van der Waals surface area (Å²) in [7, 11) is 0. The Labute approximate surface area is 113 Å². The van der Waals surface area contributed by atoms with Gasteiger partial charge in [0.05, 0.1) is 11.4 Å². The largest absolute Gasteiger partial charge is 0.465 e. The van der Waals surface area contributed by atoms with Gasteiger partial charge in [-0.25, -0.2) is 4.79 Å². The lowest BCUT2D eigenvalue weighted by Gasteiger charge is -2.23. The molecule has 18 heavy (non-hydrogen) atoms. The molecule has 0 saturated heterocycles. The molecular formula is C11H14BrN3O3. The molecule has 0 aliphatic rings. The molecule has 0 aliphatic heterocycles. The predicted octanol–water partition coefficient (Wildman–Crippen LogP) is 2.02. The zero-order valence-electron chi connectivity index (χ0n) is 9.95. The van der Waals surface area contributed by atoms with Crippen LogP contribution < -0.4 is 16.4 Å². The molecule has 98 valence electrons.